The molecule has 0 fully saturated rings. The summed E-state index contributed by atoms with van der Waals surface area (Å²) < 4.78 is 0. The molecule has 0 heterocycles. The molecule has 0 saturated carbocycles. The van der Waals surface area contributed by atoms with Gasteiger partial charge in [0.2, 0.25) is 0 Å². The van der Waals surface area contributed by atoms with Gasteiger partial charge < -0.3 is 0 Å². The molecule has 0 bridgehead atoms. The Bertz CT molecular complexity index is 708. The largest absolute Gasteiger partial charge is 0.0617 e. The van der Waals surface area contributed by atoms with Crippen LogP contribution in [0.15, 0.2) is 42.5 Å². The standard InChI is InChI=1S/C27H40/c1-25(2,3)21-18-16-20(17-19-21)12-10-13-22-23(26(4,5)6)14-11-15-24(22)27(7,8)9/h11,14-19H,10,12-13H2,1-9H3. The fourth-order valence-electron chi connectivity index (χ4n) is 3.90. The molecule has 0 heteroatoms. The Hall–Kier alpha value is -1.56. The molecule has 2 aromatic rings. The molecule has 2 rings (SSSR count). The SMILES string of the molecule is CC(C)(C)c1ccc(CCCc2c(C(C)(C)C)cccc2C(C)(C)C)cc1. The summed E-state index contributed by atoms with van der Waals surface area (Å²) in [7, 11) is 0. The van der Waals surface area contributed by atoms with Crippen LogP contribution < -0.4 is 0 Å². The lowest BCUT2D eigenvalue weighted by molar-refractivity contribution is 0.551. The van der Waals surface area contributed by atoms with E-state index in [0.717, 1.165) is 12.8 Å². The Balaban J connectivity index is 2.20. The van der Waals surface area contributed by atoms with Gasteiger partial charge in [0.1, 0.15) is 0 Å². The van der Waals surface area contributed by atoms with Gasteiger partial charge in [0.15, 0.2) is 0 Å². The van der Waals surface area contributed by atoms with Crippen molar-refractivity contribution in [3.63, 3.8) is 0 Å². The molecular weight excluding hydrogens is 324 g/mol. The molecule has 0 spiro atoms. The Morgan fingerprint density at radius 2 is 1.04 bits per heavy atom. The van der Waals surface area contributed by atoms with E-state index in [4.69, 9.17) is 0 Å². The van der Waals surface area contributed by atoms with Crippen molar-refractivity contribution < 1.29 is 0 Å². The number of aryl methyl sites for hydroxylation is 1. The van der Waals surface area contributed by atoms with Crippen LogP contribution in [0.1, 0.15) is 96.6 Å². The maximum atomic E-state index is 2.34. The number of hydrogen-bond donors (Lipinski definition) is 0. The Kier molecular flexibility index (Phi) is 6.30. The highest BCUT2D eigenvalue weighted by Crippen LogP contribution is 2.35. The summed E-state index contributed by atoms with van der Waals surface area (Å²) in [4.78, 5) is 0. The fourth-order valence-corrected chi connectivity index (χ4v) is 3.90. The lowest BCUT2D eigenvalue weighted by Crippen LogP contribution is -2.21. The van der Waals surface area contributed by atoms with E-state index >= 15 is 0 Å². The summed E-state index contributed by atoms with van der Waals surface area (Å²) in [6.07, 6.45) is 3.50. The zero-order chi connectivity index (χ0) is 20.5. The van der Waals surface area contributed by atoms with Gasteiger partial charge in [-0.05, 0) is 63.3 Å². The van der Waals surface area contributed by atoms with Crippen molar-refractivity contribution in [3.05, 3.63) is 70.3 Å². The van der Waals surface area contributed by atoms with E-state index in [9.17, 15) is 0 Å². The minimum atomic E-state index is 0.185. The minimum Gasteiger partial charge on any atom is -0.0617 e. The van der Waals surface area contributed by atoms with E-state index in [1.165, 1.54) is 28.7 Å². The van der Waals surface area contributed by atoms with E-state index in [1.807, 2.05) is 0 Å². The molecule has 0 nitrogen and oxygen atoms in total. The predicted octanol–water partition coefficient (Wildman–Crippen LogP) is 7.75. The Labute approximate surface area is 168 Å². The molecule has 0 aliphatic carbocycles. The van der Waals surface area contributed by atoms with Crippen molar-refractivity contribution in [2.45, 2.75) is 97.8 Å². The molecule has 0 atom stereocenters. The van der Waals surface area contributed by atoms with E-state index in [1.54, 1.807) is 5.56 Å². The van der Waals surface area contributed by atoms with Crippen LogP contribution >= 0.6 is 0 Å². The van der Waals surface area contributed by atoms with Crippen molar-refractivity contribution in [1.29, 1.82) is 0 Å². The third-order valence-electron chi connectivity index (χ3n) is 5.50. The van der Waals surface area contributed by atoms with E-state index in [-0.39, 0.29) is 16.2 Å². The summed E-state index contributed by atoms with van der Waals surface area (Å²) in [6.45, 7) is 20.9. The Morgan fingerprint density at radius 3 is 1.44 bits per heavy atom. The minimum absolute atomic E-state index is 0.185. The highest BCUT2D eigenvalue weighted by atomic mass is 14.3. The topological polar surface area (TPSA) is 0 Å². The maximum Gasteiger partial charge on any atom is -0.0129 e. The molecule has 0 radical (unpaired) electrons. The third kappa shape index (κ3) is 5.71. The normalized spacial score (nSPS) is 13.1. The maximum absolute atomic E-state index is 2.34. The van der Waals surface area contributed by atoms with Crippen molar-refractivity contribution in [2.24, 2.45) is 0 Å². The zero-order valence-electron chi connectivity index (χ0n) is 19.2. The van der Waals surface area contributed by atoms with Gasteiger partial charge in [-0.3, -0.25) is 0 Å². The lowest BCUT2D eigenvalue weighted by Gasteiger charge is -2.30. The summed E-state index contributed by atoms with van der Waals surface area (Å²) in [5.74, 6) is 0. The van der Waals surface area contributed by atoms with Crippen LogP contribution in [-0.4, -0.2) is 0 Å². The first kappa shape index (κ1) is 21.7. The Morgan fingerprint density at radius 1 is 0.556 bits per heavy atom. The molecule has 2 aromatic carbocycles. The van der Waals surface area contributed by atoms with Gasteiger partial charge in [0.25, 0.3) is 0 Å². The highest BCUT2D eigenvalue weighted by Gasteiger charge is 2.24. The zero-order valence-corrected chi connectivity index (χ0v) is 19.2. The fraction of sp³-hybridized carbons (Fsp3) is 0.556. The molecule has 0 N–H and O–H groups in total. The number of rotatable bonds is 4. The monoisotopic (exact) mass is 364 g/mol. The average Bonchev–Trinajstić information content (AvgIpc) is 2.52. The molecule has 0 unspecified atom stereocenters. The van der Waals surface area contributed by atoms with E-state index in [0.29, 0.717) is 0 Å². The molecule has 0 aliphatic rings. The van der Waals surface area contributed by atoms with Gasteiger partial charge in [0.05, 0.1) is 0 Å². The van der Waals surface area contributed by atoms with Gasteiger partial charge in [0, 0.05) is 0 Å². The summed E-state index contributed by atoms with van der Waals surface area (Å²) in [5.41, 5.74) is 8.06. The number of hydrogen-bond acceptors (Lipinski definition) is 0. The quantitative estimate of drug-likeness (QED) is 0.520. The van der Waals surface area contributed by atoms with Gasteiger partial charge >= 0.3 is 0 Å². The van der Waals surface area contributed by atoms with Gasteiger partial charge in [-0.15, -0.1) is 0 Å². The summed E-state index contributed by atoms with van der Waals surface area (Å²) in [6, 6.07) is 16.2. The molecular formula is C27H40. The molecule has 0 saturated heterocycles. The second-order valence-corrected chi connectivity index (χ2v) is 11.1. The highest BCUT2D eigenvalue weighted by molar-refractivity contribution is 5.43. The van der Waals surface area contributed by atoms with Crippen molar-refractivity contribution in [3.8, 4) is 0 Å². The summed E-state index contributed by atoms with van der Waals surface area (Å²) >= 11 is 0. The first-order chi connectivity index (χ1) is 12.3. The molecule has 0 aliphatic heterocycles. The number of benzene rings is 2. The molecule has 0 aromatic heterocycles. The summed E-state index contributed by atoms with van der Waals surface area (Å²) in [5, 5.41) is 0. The van der Waals surface area contributed by atoms with Crippen LogP contribution in [0, 0.1) is 0 Å². The van der Waals surface area contributed by atoms with E-state index < -0.39 is 0 Å². The van der Waals surface area contributed by atoms with E-state index in [2.05, 4.69) is 105 Å². The molecule has 0 amide bonds. The predicted molar refractivity (Wildman–Crippen MR) is 121 cm³/mol. The second kappa shape index (κ2) is 7.82. The lowest BCUT2D eigenvalue weighted by atomic mass is 9.75. The van der Waals surface area contributed by atoms with Crippen molar-refractivity contribution in [2.75, 3.05) is 0 Å². The first-order valence-corrected chi connectivity index (χ1v) is 10.5. The molecule has 27 heavy (non-hydrogen) atoms. The third-order valence-corrected chi connectivity index (χ3v) is 5.50. The average molecular weight is 365 g/mol. The van der Waals surface area contributed by atoms with Crippen molar-refractivity contribution in [1.82, 2.24) is 0 Å². The van der Waals surface area contributed by atoms with Crippen LogP contribution in [0.4, 0.5) is 0 Å². The van der Waals surface area contributed by atoms with Gasteiger partial charge in [-0.2, -0.15) is 0 Å². The van der Waals surface area contributed by atoms with Crippen LogP contribution in [-0.2, 0) is 29.1 Å². The van der Waals surface area contributed by atoms with Gasteiger partial charge in [-0.25, -0.2) is 0 Å². The molecule has 148 valence electrons. The van der Waals surface area contributed by atoms with Crippen LogP contribution in [0.2, 0.25) is 0 Å². The first-order valence-electron chi connectivity index (χ1n) is 10.5. The second-order valence-electron chi connectivity index (χ2n) is 11.1. The van der Waals surface area contributed by atoms with Crippen LogP contribution in [0.25, 0.3) is 0 Å². The smallest absolute Gasteiger partial charge is 0.0129 e. The van der Waals surface area contributed by atoms with Crippen LogP contribution in [0.5, 0.6) is 0 Å². The van der Waals surface area contributed by atoms with Crippen LogP contribution in [0.3, 0.4) is 0 Å². The van der Waals surface area contributed by atoms with Crippen molar-refractivity contribution >= 4 is 0 Å². The van der Waals surface area contributed by atoms with Gasteiger partial charge in [-0.1, -0.05) is 105 Å².